The maximum absolute atomic E-state index is 11.2. The van der Waals surface area contributed by atoms with Crippen molar-refractivity contribution in [2.75, 3.05) is 7.11 Å². The molecule has 9 nitrogen and oxygen atoms in total. The zero-order chi connectivity index (χ0) is 14.5. The Hall–Kier alpha value is -2.36. The van der Waals surface area contributed by atoms with Gasteiger partial charge in [0, 0.05) is 6.07 Å². The number of thioether (sulfide) groups is 1. The molecule has 2 heterocycles. The Labute approximate surface area is 116 Å². The highest BCUT2D eigenvalue weighted by Crippen LogP contribution is 2.19. The summed E-state index contributed by atoms with van der Waals surface area (Å²) in [5.74, 6) is -0.299. The summed E-state index contributed by atoms with van der Waals surface area (Å²) in [6.45, 7) is -0.106. The highest BCUT2D eigenvalue weighted by molar-refractivity contribution is 7.98. The van der Waals surface area contributed by atoms with E-state index in [1.165, 1.54) is 29.6 Å². The molecule has 0 spiro atoms. The summed E-state index contributed by atoms with van der Waals surface area (Å²) in [7, 11) is 1.27. The van der Waals surface area contributed by atoms with Crippen LogP contribution in [0.2, 0.25) is 0 Å². The molecule has 2 aromatic rings. The van der Waals surface area contributed by atoms with Crippen molar-refractivity contribution in [3.05, 3.63) is 28.3 Å². The van der Waals surface area contributed by atoms with E-state index in [1.807, 2.05) is 0 Å². The van der Waals surface area contributed by atoms with Crippen LogP contribution >= 0.6 is 11.8 Å². The minimum Gasteiger partial charge on any atom is -0.502 e. The molecule has 0 radical (unpaired) electrons. The van der Waals surface area contributed by atoms with E-state index in [-0.39, 0.29) is 12.3 Å². The quantitative estimate of drug-likeness (QED) is 0.590. The van der Waals surface area contributed by atoms with Gasteiger partial charge in [-0.3, -0.25) is 9.59 Å². The van der Waals surface area contributed by atoms with Gasteiger partial charge in [-0.25, -0.2) is 4.68 Å². The van der Waals surface area contributed by atoms with Crippen molar-refractivity contribution in [2.24, 2.45) is 0 Å². The topological polar surface area (TPSA) is 120 Å². The highest BCUT2D eigenvalue weighted by atomic mass is 32.2. The van der Waals surface area contributed by atoms with Gasteiger partial charge in [-0.2, -0.15) is 0 Å². The fraction of sp³-hybridized carbons (Fsp3) is 0.300. The average molecular weight is 298 g/mol. The number of tetrazole rings is 1. The molecule has 0 saturated carbocycles. The lowest BCUT2D eigenvalue weighted by Crippen LogP contribution is -2.13. The molecule has 0 aliphatic rings. The van der Waals surface area contributed by atoms with Crippen LogP contribution in [-0.4, -0.2) is 38.4 Å². The molecule has 10 heteroatoms. The molecule has 0 amide bonds. The number of carbonyl (C=O) groups excluding carboxylic acids is 1. The molecule has 0 aliphatic carbocycles. The van der Waals surface area contributed by atoms with Gasteiger partial charge < -0.3 is 14.3 Å². The normalized spacial score (nSPS) is 10.4. The van der Waals surface area contributed by atoms with Gasteiger partial charge in [0.05, 0.1) is 12.9 Å². The number of carbonyl (C=O) groups is 1. The third-order valence-corrected chi connectivity index (χ3v) is 3.20. The Morgan fingerprint density at radius 1 is 1.60 bits per heavy atom. The van der Waals surface area contributed by atoms with Gasteiger partial charge in [-0.1, -0.05) is 11.8 Å². The van der Waals surface area contributed by atoms with Gasteiger partial charge in [0.2, 0.25) is 10.6 Å². The lowest BCUT2D eigenvalue weighted by molar-refractivity contribution is -0.141. The molecule has 0 aliphatic heterocycles. The fourth-order valence-corrected chi connectivity index (χ4v) is 2.01. The minimum absolute atomic E-state index is 0.106. The first kappa shape index (κ1) is 14.1. The van der Waals surface area contributed by atoms with Crippen molar-refractivity contribution >= 4 is 17.7 Å². The van der Waals surface area contributed by atoms with Crippen LogP contribution in [0.3, 0.4) is 0 Å². The van der Waals surface area contributed by atoms with E-state index in [0.717, 1.165) is 6.26 Å². The Balaban J connectivity index is 2.04. The number of hydrogen-bond acceptors (Lipinski definition) is 9. The average Bonchev–Trinajstić information content (AvgIpc) is 2.87. The van der Waals surface area contributed by atoms with Gasteiger partial charge in [0.25, 0.3) is 0 Å². The minimum atomic E-state index is -0.527. The predicted octanol–water partition coefficient (Wildman–Crippen LogP) is -0.203. The van der Waals surface area contributed by atoms with Gasteiger partial charge in [-0.15, -0.1) is 5.10 Å². The largest absolute Gasteiger partial charge is 0.502 e. The van der Waals surface area contributed by atoms with E-state index in [4.69, 9.17) is 9.52 Å². The summed E-state index contributed by atoms with van der Waals surface area (Å²) >= 11 is 1.18. The first-order chi connectivity index (χ1) is 9.60. The second kappa shape index (κ2) is 6.19. The lowest BCUT2D eigenvalue weighted by atomic mass is 10.4. The number of methoxy groups -OCH3 is 1. The van der Waals surface area contributed by atoms with Crippen molar-refractivity contribution in [3.8, 4) is 5.75 Å². The van der Waals surface area contributed by atoms with Crippen LogP contribution in [0.4, 0.5) is 0 Å². The highest BCUT2D eigenvalue weighted by Gasteiger charge is 2.12. The second-order valence-electron chi connectivity index (χ2n) is 3.58. The fourth-order valence-electron chi connectivity index (χ4n) is 1.24. The van der Waals surface area contributed by atoms with Crippen molar-refractivity contribution in [1.82, 2.24) is 20.2 Å². The van der Waals surface area contributed by atoms with E-state index in [9.17, 15) is 9.59 Å². The number of rotatable bonds is 5. The Morgan fingerprint density at radius 3 is 3.10 bits per heavy atom. The molecule has 106 valence electrons. The van der Waals surface area contributed by atoms with Crippen LogP contribution in [0.25, 0.3) is 0 Å². The molecule has 2 rings (SSSR count). The van der Waals surface area contributed by atoms with Crippen LogP contribution in [0.1, 0.15) is 5.76 Å². The number of ether oxygens (including phenoxy) is 1. The maximum Gasteiger partial charge on any atom is 0.327 e. The third-order valence-electron chi connectivity index (χ3n) is 2.22. The standard InChI is InChI=1S/C10H10N4O5S/c1-18-9(17)3-14-10(11-12-13-14)20-5-6-2-7(15)8(16)4-19-6/h2,4,16H,3,5H2,1H3. The third kappa shape index (κ3) is 3.35. The molecule has 1 N–H and O–H groups in total. The molecular formula is C10H10N4O5S. The number of esters is 1. The van der Waals surface area contributed by atoms with E-state index in [1.54, 1.807) is 0 Å². The van der Waals surface area contributed by atoms with Gasteiger partial charge in [0.1, 0.15) is 18.6 Å². The Morgan fingerprint density at radius 2 is 2.40 bits per heavy atom. The van der Waals surface area contributed by atoms with Gasteiger partial charge >= 0.3 is 5.97 Å². The molecule has 0 aromatic carbocycles. The summed E-state index contributed by atoms with van der Waals surface area (Å²) in [5, 5.41) is 20.3. The van der Waals surface area contributed by atoms with Crippen molar-refractivity contribution in [1.29, 1.82) is 0 Å². The van der Waals surface area contributed by atoms with Crippen molar-refractivity contribution < 1.29 is 19.1 Å². The van der Waals surface area contributed by atoms with E-state index in [2.05, 4.69) is 20.3 Å². The Bertz CT molecular complexity index is 668. The summed E-state index contributed by atoms with van der Waals surface area (Å²) in [4.78, 5) is 22.4. The zero-order valence-electron chi connectivity index (χ0n) is 10.3. The molecule has 0 bridgehead atoms. The number of hydrogen-bond donors (Lipinski definition) is 1. The molecular weight excluding hydrogens is 288 g/mol. The lowest BCUT2D eigenvalue weighted by Gasteiger charge is -2.02. The molecule has 20 heavy (non-hydrogen) atoms. The van der Waals surface area contributed by atoms with Crippen LogP contribution in [0.15, 0.2) is 26.7 Å². The molecule has 0 atom stereocenters. The van der Waals surface area contributed by atoms with Crippen LogP contribution in [0, 0.1) is 0 Å². The van der Waals surface area contributed by atoms with E-state index >= 15 is 0 Å². The van der Waals surface area contributed by atoms with Crippen molar-refractivity contribution in [2.45, 2.75) is 17.5 Å². The first-order valence-corrected chi connectivity index (χ1v) is 6.35. The molecule has 0 fully saturated rings. The van der Waals surface area contributed by atoms with Crippen molar-refractivity contribution in [3.63, 3.8) is 0 Å². The SMILES string of the molecule is COC(=O)Cn1nnnc1SCc1cc(=O)c(O)co1. The maximum atomic E-state index is 11.2. The summed E-state index contributed by atoms with van der Waals surface area (Å²) < 4.78 is 10.8. The first-order valence-electron chi connectivity index (χ1n) is 5.36. The second-order valence-corrected chi connectivity index (χ2v) is 4.52. The van der Waals surface area contributed by atoms with Crippen LogP contribution < -0.4 is 5.43 Å². The number of aromatic hydroxyl groups is 1. The zero-order valence-corrected chi connectivity index (χ0v) is 11.2. The van der Waals surface area contributed by atoms with Crippen LogP contribution in [-0.2, 0) is 21.8 Å². The Kier molecular flexibility index (Phi) is 4.35. The monoisotopic (exact) mass is 298 g/mol. The molecule has 2 aromatic heterocycles. The summed E-state index contributed by atoms with van der Waals surface area (Å²) in [5.41, 5.74) is -0.527. The summed E-state index contributed by atoms with van der Waals surface area (Å²) in [6.07, 6.45) is 0.968. The van der Waals surface area contributed by atoms with Gasteiger partial charge in [0.15, 0.2) is 5.75 Å². The molecule has 0 saturated heterocycles. The van der Waals surface area contributed by atoms with Crippen LogP contribution in [0.5, 0.6) is 5.75 Å². The number of nitrogens with zero attached hydrogens (tertiary/aromatic N) is 4. The predicted molar refractivity (Wildman–Crippen MR) is 66.0 cm³/mol. The van der Waals surface area contributed by atoms with Gasteiger partial charge in [-0.05, 0) is 10.4 Å². The number of aromatic nitrogens is 4. The molecule has 0 unspecified atom stereocenters. The van der Waals surface area contributed by atoms with E-state index < -0.39 is 17.1 Å². The smallest absolute Gasteiger partial charge is 0.327 e. The van der Waals surface area contributed by atoms with E-state index in [0.29, 0.717) is 10.9 Å². The summed E-state index contributed by atoms with van der Waals surface area (Å²) in [6, 6.07) is 1.18.